The molecule has 3 aromatic rings. The monoisotopic (exact) mass is 464 g/mol. The first kappa shape index (κ1) is 24.0. The van der Waals surface area contributed by atoms with Crippen LogP contribution in [-0.2, 0) is 11.3 Å². The first-order chi connectivity index (χ1) is 16.3. The van der Waals surface area contributed by atoms with Crippen molar-refractivity contribution in [2.45, 2.75) is 65.5 Å². The number of ether oxygens (including phenoxy) is 1. The van der Waals surface area contributed by atoms with Crippen LogP contribution in [-0.4, -0.2) is 51.1 Å². The minimum Gasteiger partial charge on any atom is -0.444 e. The van der Waals surface area contributed by atoms with Crippen LogP contribution in [0.25, 0.3) is 22.2 Å². The van der Waals surface area contributed by atoms with Crippen molar-refractivity contribution in [3.05, 3.63) is 36.7 Å². The van der Waals surface area contributed by atoms with Gasteiger partial charge in [0.25, 0.3) is 0 Å². The Morgan fingerprint density at radius 2 is 1.94 bits per heavy atom. The minimum absolute atomic E-state index is 0.350. The lowest BCUT2D eigenvalue weighted by atomic mass is 9.97. The van der Waals surface area contributed by atoms with E-state index in [-0.39, 0.29) is 6.09 Å². The van der Waals surface area contributed by atoms with Gasteiger partial charge in [-0.3, -0.25) is 4.68 Å². The lowest BCUT2D eigenvalue weighted by molar-refractivity contribution is 0.0516. The summed E-state index contributed by atoms with van der Waals surface area (Å²) in [5.41, 5.74) is 2.41. The number of carbonyl (C=O) groups is 1. The molecular formula is C26H36N6O2. The van der Waals surface area contributed by atoms with Gasteiger partial charge in [-0.15, -0.1) is 0 Å². The summed E-state index contributed by atoms with van der Waals surface area (Å²) in [7, 11) is 0. The number of para-hydroxylation sites is 1. The van der Waals surface area contributed by atoms with Crippen molar-refractivity contribution < 1.29 is 9.53 Å². The second-order valence-electron chi connectivity index (χ2n) is 10.0. The maximum atomic E-state index is 12.0. The normalized spacial score (nSPS) is 15.0. The Morgan fingerprint density at radius 1 is 1.18 bits per heavy atom. The van der Waals surface area contributed by atoms with E-state index in [1.807, 2.05) is 49.8 Å². The van der Waals surface area contributed by atoms with Gasteiger partial charge in [-0.1, -0.05) is 31.5 Å². The van der Waals surface area contributed by atoms with E-state index in [1.54, 1.807) is 0 Å². The van der Waals surface area contributed by atoms with Crippen molar-refractivity contribution in [3.63, 3.8) is 0 Å². The molecule has 4 rings (SSSR count). The number of rotatable bonds is 7. The number of hydrogen-bond donors (Lipinski definition) is 1. The second kappa shape index (κ2) is 10.4. The van der Waals surface area contributed by atoms with Crippen LogP contribution >= 0.6 is 0 Å². The molecule has 1 fully saturated rings. The molecule has 3 heterocycles. The van der Waals surface area contributed by atoms with Gasteiger partial charge in [0.15, 0.2) is 0 Å². The molecule has 1 aromatic carbocycles. The lowest BCUT2D eigenvalue weighted by Crippen LogP contribution is -2.40. The van der Waals surface area contributed by atoms with E-state index in [0.29, 0.717) is 12.5 Å². The molecule has 182 valence electrons. The SMILES string of the molecule is CCCCn1cc(-c2nc(N3CCC(CNC(=O)OC(C)(C)C)CC3)nc3ccccc23)cn1. The zero-order chi connectivity index (χ0) is 24.1. The molecule has 0 spiro atoms. The number of aryl methyl sites for hydroxylation is 1. The highest BCUT2D eigenvalue weighted by molar-refractivity contribution is 5.92. The van der Waals surface area contributed by atoms with Gasteiger partial charge in [0.1, 0.15) is 5.60 Å². The number of anilines is 1. The van der Waals surface area contributed by atoms with Crippen LogP contribution in [0.15, 0.2) is 36.7 Å². The number of nitrogens with one attached hydrogen (secondary N) is 1. The number of piperidine rings is 1. The van der Waals surface area contributed by atoms with Gasteiger partial charge in [-0.05, 0) is 52.0 Å². The molecule has 1 saturated heterocycles. The third-order valence-electron chi connectivity index (χ3n) is 6.07. The molecule has 0 aliphatic carbocycles. The number of unbranched alkanes of at least 4 members (excludes halogenated alkanes) is 1. The Kier molecular flexibility index (Phi) is 7.34. The maximum Gasteiger partial charge on any atom is 0.407 e. The first-order valence-corrected chi connectivity index (χ1v) is 12.3. The van der Waals surface area contributed by atoms with E-state index in [1.165, 1.54) is 0 Å². The van der Waals surface area contributed by atoms with Crippen LogP contribution < -0.4 is 10.2 Å². The van der Waals surface area contributed by atoms with Gasteiger partial charge in [0.2, 0.25) is 5.95 Å². The lowest BCUT2D eigenvalue weighted by Gasteiger charge is -2.32. The summed E-state index contributed by atoms with van der Waals surface area (Å²) in [6.07, 6.45) is 7.82. The molecule has 34 heavy (non-hydrogen) atoms. The standard InChI is InChI=1S/C26H36N6O2/c1-5-6-13-32-18-20(17-28-32)23-21-9-7-8-10-22(21)29-24(30-23)31-14-11-19(12-15-31)16-27-25(33)34-26(2,3)4/h7-10,17-19H,5-6,11-16H2,1-4H3,(H,27,33). The zero-order valence-electron chi connectivity index (χ0n) is 20.8. The van der Waals surface area contributed by atoms with Gasteiger partial charge in [0.05, 0.1) is 17.4 Å². The highest BCUT2D eigenvalue weighted by Gasteiger charge is 2.24. The van der Waals surface area contributed by atoms with E-state index in [4.69, 9.17) is 14.7 Å². The largest absolute Gasteiger partial charge is 0.444 e. The van der Waals surface area contributed by atoms with Crippen molar-refractivity contribution >= 4 is 22.9 Å². The number of benzene rings is 1. The number of nitrogens with zero attached hydrogens (tertiary/aromatic N) is 5. The van der Waals surface area contributed by atoms with Crippen molar-refractivity contribution in [2.24, 2.45) is 5.92 Å². The number of alkyl carbamates (subject to hydrolysis) is 1. The number of hydrogen-bond acceptors (Lipinski definition) is 6. The number of aromatic nitrogens is 4. The van der Waals surface area contributed by atoms with Crippen molar-refractivity contribution in [3.8, 4) is 11.3 Å². The summed E-state index contributed by atoms with van der Waals surface area (Å²) < 4.78 is 7.35. The van der Waals surface area contributed by atoms with E-state index < -0.39 is 5.60 Å². The van der Waals surface area contributed by atoms with E-state index in [2.05, 4.69) is 34.5 Å². The van der Waals surface area contributed by atoms with Gasteiger partial charge in [-0.25, -0.2) is 14.8 Å². The highest BCUT2D eigenvalue weighted by atomic mass is 16.6. The quantitative estimate of drug-likeness (QED) is 0.528. The van der Waals surface area contributed by atoms with Crippen LogP contribution in [0.2, 0.25) is 0 Å². The minimum atomic E-state index is -0.481. The summed E-state index contributed by atoms with van der Waals surface area (Å²) in [6.45, 7) is 11.1. The molecule has 0 unspecified atom stereocenters. The number of fused-ring (bicyclic) bond motifs is 1. The fourth-order valence-electron chi connectivity index (χ4n) is 4.23. The van der Waals surface area contributed by atoms with Crippen LogP contribution in [0.5, 0.6) is 0 Å². The van der Waals surface area contributed by atoms with E-state index >= 15 is 0 Å². The fourth-order valence-corrected chi connectivity index (χ4v) is 4.23. The summed E-state index contributed by atoms with van der Waals surface area (Å²) in [4.78, 5) is 24.1. The summed E-state index contributed by atoms with van der Waals surface area (Å²) in [5.74, 6) is 1.18. The first-order valence-electron chi connectivity index (χ1n) is 12.3. The van der Waals surface area contributed by atoms with Crippen molar-refractivity contribution in [2.75, 3.05) is 24.5 Å². The Morgan fingerprint density at radius 3 is 2.68 bits per heavy atom. The topological polar surface area (TPSA) is 85.2 Å². The number of amides is 1. The Bertz CT molecular complexity index is 1110. The van der Waals surface area contributed by atoms with Gasteiger partial charge >= 0.3 is 6.09 Å². The molecule has 8 heteroatoms. The zero-order valence-corrected chi connectivity index (χ0v) is 20.8. The van der Waals surface area contributed by atoms with Crippen LogP contribution in [0.1, 0.15) is 53.4 Å². The molecule has 1 amide bonds. The molecule has 1 aliphatic rings. The van der Waals surface area contributed by atoms with E-state index in [9.17, 15) is 4.79 Å². The van der Waals surface area contributed by atoms with Crippen LogP contribution in [0.4, 0.5) is 10.7 Å². The molecular weight excluding hydrogens is 428 g/mol. The van der Waals surface area contributed by atoms with E-state index in [0.717, 1.165) is 73.4 Å². The molecule has 0 saturated carbocycles. The fraction of sp³-hybridized carbons (Fsp3) is 0.538. The summed E-state index contributed by atoms with van der Waals surface area (Å²) in [5, 5.41) is 8.50. The van der Waals surface area contributed by atoms with Crippen molar-refractivity contribution in [1.29, 1.82) is 0 Å². The molecule has 0 bridgehead atoms. The van der Waals surface area contributed by atoms with Gasteiger partial charge < -0.3 is 15.0 Å². The molecule has 2 aromatic heterocycles. The summed E-state index contributed by atoms with van der Waals surface area (Å²) >= 11 is 0. The molecule has 0 radical (unpaired) electrons. The average Bonchev–Trinajstić information content (AvgIpc) is 3.29. The van der Waals surface area contributed by atoms with Crippen LogP contribution in [0.3, 0.4) is 0 Å². The maximum absolute atomic E-state index is 12.0. The van der Waals surface area contributed by atoms with Crippen molar-refractivity contribution in [1.82, 2.24) is 25.1 Å². The van der Waals surface area contributed by atoms with Gasteiger partial charge in [-0.2, -0.15) is 5.10 Å². The second-order valence-corrected chi connectivity index (χ2v) is 10.0. The molecule has 0 atom stereocenters. The van der Waals surface area contributed by atoms with Crippen LogP contribution in [0, 0.1) is 5.92 Å². The van der Waals surface area contributed by atoms with Gasteiger partial charge in [0, 0.05) is 43.3 Å². The summed E-state index contributed by atoms with van der Waals surface area (Å²) in [6, 6.07) is 8.16. The smallest absolute Gasteiger partial charge is 0.407 e. The Balaban J connectivity index is 1.46. The number of carbonyl (C=O) groups excluding carboxylic acids is 1. The predicted octanol–water partition coefficient (Wildman–Crippen LogP) is 5.03. The third-order valence-corrected chi connectivity index (χ3v) is 6.07. The molecule has 8 nitrogen and oxygen atoms in total. The average molecular weight is 465 g/mol. The highest BCUT2D eigenvalue weighted by Crippen LogP contribution is 2.29. The third kappa shape index (κ3) is 6.04. The molecule has 1 N–H and O–H groups in total. The molecule has 1 aliphatic heterocycles. The predicted molar refractivity (Wildman–Crippen MR) is 135 cm³/mol. The Hall–Kier alpha value is -3.16. The Labute approximate surface area is 201 Å².